The summed E-state index contributed by atoms with van der Waals surface area (Å²) in [4.78, 5) is 0. The molecule has 1 saturated carbocycles. The van der Waals surface area contributed by atoms with E-state index in [2.05, 4.69) is 0 Å². The SMILES string of the molecule is Cl.N[C@H](CC1CC1)c1ccc(F)c(F)c1O. The molecule has 1 aliphatic carbocycles. The number of rotatable bonds is 3. The van der Waals surface area contributed by atoms with Crippen molar-refractivity contribution in [3.63, 3.8) is 0 Å². The summed E-state index contributed by atoms with van der Waals surface area (Å²) in [7, 11) is 0. The van der Waals surface area contributed by atoms with Crippen molar-refractivity contribution in [2.24, 2.45) is 11.7 Å². The minimum Gasteiger partial charge on any atom is -0.505 e. The molecular formula is C11H14ClF2NO. The molecule has 16 heavy (non-hydrogen) atoms. The Hall–Kier alpha value is -0.870. The predicted octanol–water partition coefficient (Wildman–Crippen LogP) is 2.89. The summed E-state index contributed by atoms with van der Waals surface area (Å²) in [6.07, 6.45) is 2.99. The van der Waals surface area contributed by atoms with Crippen molar-refractivity contribution in [3.8, 4) is 5.75 Å². The Morgan fingerprint density at radius 3 is 2.56 bits per heavy atom. The molecule has 1 atom stereocenters. The summed E-state index contributed by atoms with van der Waals surface area (Å²) in [6, 6.07) is 1.94. The first-order valence-electron chi connectivity index (χ1n) is 5.02. The largest absolute Gasteiger partial charge is 0.505 e. The van der Waals surface area contributed by atoms with E-state index in [0.29, 0.717) is 11.5 Å². The molecule has 0 radical (unpaired) electrons. The third kappa shape index (κ3) is 2.62. The van der Waals surface area contributed by atoms with Crippen molar-refractivity contribution < 1.29 is 13.9 Å². The maximum Gasteiger partial charge on any atom is 0.200 e. The molecule has 3 N–H and O–H groups in total. The second kappa shape index (κ2) is 4.97. The van der Waals surface area contributed by atoms with Crippen LogP contribution in [0.15, 0.2) is 12.1 Å². The molecule has 0 amide bonds. The number of halogens is 3. The van der Waals surface area contributed by atoms with E-state index in [1.807, 2.05) is 0 Å². The molecule has 0 heterocycles. The monoisotopic (exact) mass is 249 g/mol. The van der Waals surface area contributed by atoms with Gasteiger partial charge in [-0.25, -0.2) is 4.39 Å². The van der Waals surface area contributed by atoms with Gasteiger partial charge in [0, 0.05) is 11.6 Å². The quantitative estimate of drug-likeness (QED) is 0.865. The third-order valence-corrected chi connectivity index (χ3v) is 2.78. The van der Waals surface area contributed by atoms with Gasteiger partial charge in [-0.1, -0.05) is 18.9 Å². The fraction of sp³-hybridized carbons (Fsp3) is 0.455. The van der Waals surface area contributed by atoms with Gasteiger partial charge in [-0.3, -0.25) is 0 Å². The van der Waals surface area contributed by atoms with E-state index in [9.17, 15) is 13.9 Å². The Morgan fingerprint density at radius 2 is 2.00 bits per heavy atom. The smallest absolute Gasteiger partial charge is 0.200 e. The fourth-order valence-electron chi connectivity index (χ4n) is 1.69. The Labute approximate surface area is 98.9 Å². The Morgan fingerprint density at radius 1 is 1.38 bits per heavy atom. The molecule has 1 aromatic rings. The van der Waals surface area contributed by atoms with Gasteiger partial charge in [-0.05, 0) is 18.4 Å². The first-order chi connectivity index (χ1) is 7.09. The number of hydrogen-bond acceptors (Lipinski definition) is 2. The van der Waals surface area contributed by atoms with Gasteiger partial charge in [0.05, 0.1) is 0 Å². The lowest BCUT2D eigenvalue weighted by Crippen LogP contribution is -2.12. The van der Waals surface area contributed by atoms with Gasteiger partial charge in [0.25, 0.3) is 0 Å². The van der Waals surface area contributed by atoms with Crippen molar-refractivity contribution >= 4 is 12.4 Å². The zero-order valence-electron chi connectivity index (χ0n) is 8.62. The first-order valence-corrected chi connectivity index (χ1v) is 5.02. The maximum atomic E-state index is 13.0. The molecule has 1 aliphatic rings. The number of nitrogens with two attached hydrogens (primary N) is 1. The molecule has 5 heteroatoms. The highest BCUT2D eigenvalue weighted by molar-refractivity contribution is 5.85. The van der Waals surface area contributed by atoms with Crippen LogP contribution >= 0.6 is 12.4 Å². The summed E-state index contributed by atoms with van der Waals surface area (Å²) in [5.74, 6) is -2.33. The topological polar surface area (TPSA) is 46.2 Å². The lowest BCUT2D eigenvalue weighted by atomic mass is 10.0. The van der Waals surface area contributed by atoms with Crippen LogP contribution in [0, 0.1) is 17.6 Å². The first kappa shape index (κ1) is 13.2. The number of hydrogen-bond donors (Lipinski definition) is 2. The lowest BCUT2D eigenvalue weighted by Gasteiger charge is -2.13. The van der Waals surface area contributed by atoms with Crippen LogP contribution in [0.2, 0.25) is 0 Å². The van der Waals surface area contributed by atoms with E-state index < -0.39 is 23.4 Å². The highest BCUT2D eigenvalue weighted by Crippen LogP contribution is 2.39. The molecule has 0 aromatic heterocycles. The van der Waals surface area contributed by atoms with Crippen molar-refractivity contribution in [2.75, 3.05) is 0 Å². The van der Waals surface area contributed by atoms with Gasteiger partial charge in [-0.2, -0.15) is 4.39 Å². The lowest BCUT2D eigenvalue weighted by molar-refractivity contribution is 0.394. The molecule has 2 nitrogen and oxygen atoms in total. The molecule has 0 spiro atoms. The highest BCUT2D eigenvalue weighted by Gasteiger charge is 2.26. The molecule has 90 valence electrons. The van der Waals surface area contributed by atoms with E-state index in [1.54, 1.807) is 0 Å². The Kier molecular flexibility index (Phi) is 4.10. The van der Waals surface area contributed by atoms with Crippen LogP contribution in [-0.4, -0.2) is 5.11 Å². The average molecular weight is 250 g/mol. The van der Waals surface area contributed by atoms with Gasteiger partial charge in [-0.15, -0.1) is 12.4 Å². The molecular weight excluding hydrogens is 236 g/mol. The van der Waals surface area contributed by atoms with Gasteiger partial charge < -0.3 is 10.8 Å². The Balaban J connectivity index is 0.00000128. The molecule has 0 aliphatic heterocycles. The third-order valence-electron chi connectivity index (χ3n) is 2.78. The molecule has 1 aromatic carbocycles. The minimum absolute atomic E-state index is 0. The fourth-order valence-corrected chi connectivity index (χ4v) is 1.69. The molecule has 2 rings (SSSR count). The summed E-state index contributed by atoms with van der Waals surface area (Å²) < 4.78 is 25.7. The second-order valence-electron chi connectivity index (χ2n) is 4.08. The van der Waals surface area contributed by atoms with Crippen LogP contribution in [0.1, 0.15) is 30.9 Å². The summed E-state index contributed by atoms with van der Waals surface area (Å²) in [5, 5.41) is 9.39. The average Bonchev–Trinajstić information content (AvgIpc) is 2.98. The number of phenols is 1. The zero-order valence-corrected chi connectivity index (χ0v) is 9.44. The Bertz CT molecular complexity index is 382. The van der Waals surface area contributed by atoms with Crippen molar-refractivity contribution in [1.82, 2.24) is 0 Å². The van der Waals surface area contributed by atoms with Crippen molar-refractivity contribution in [1.29, 1.82) is 0 Å². The molecule has 0 unspecified atom stereocenters. The maximum absolute atomic E-state index is 13.0. The van der Waals surface area contributed by atoms with Crippen LogP contribution < -0.4 is 5.73 Å². The second-order valence-corrected chi connectivity index (χ2v) is 4.08. The summed E-state index contributed by atoms with van der Waals surface area (Å²) >= 11 is 0. The summed E-state index contributed by atoms with van der Waals surface area (Å²) in [5.41, 5.74) is 6.10. The number of phenolic OH excluding ortho intramolecular Hbond substituents is 1. The molecule has 1 fully saturated rings. The number of benzene rings is 1. The van der Waals surface area contributed by atoms with Gasteiger partial charge in [0.15, 0.2) is 11.6 Å². The van der Waals surface area contributed by atoms with E-state index >= 15 is 0 Å². The normalized spacial score (nSPS) is 16.7. The van der Waals surface area contributed by atoms with Crippen LogP contribution in [0.3, 0.4) is 0 Å². The molecule has 0 bridgehead atoms. The van der Waals surface area contributed by atoms with Gasteiger partial charge in [0.1, 0.15) is 0 Å². The molecule has 0 saturated heterocycles. The summed E-state index contributed by atoms with van der Waals surface area (Å²) in [6.45, 7) is 0. The van der Waals surface area contributed by atoms with Crippen LogP contribution in [0.25, 0.3) is 0 Å². The van der Waals surface area contributed by atoms with Crippen molar-refractivity contribution in [3.05, 3.63) is 29.3 Å². The minimum atomic E-state index is -1.21. The van der Waals surface area contributed by atoms with E-state index in [0.717, 1.165) is 25.3 Å². The number of aromatic hydroxyl groups is 1. The van der Waals surface area contributed by atoms with E-state index in [1.165, 1.54) is 6.07 Å². The predicted molar refractivity (Wildman–Crippen MR) is 59.5 cm³/mol. The highest BCUT2D eigenvalue weighted by atomic mass is 35.5. The van der Waals surface area contributed by atoms with E-state index in [-0.39, 0.29) is 12.4 Å². The van der Waals surface area contributed by atoms with Gasteiger partial charge >= 0.3 is 0 Å². The standard InChI is InChI=1S/C11H13F2NO.ClH/c12-8-4-3-7(11(15)10(8)13)9(14)5-6-1-2-6;/h3-4,6,9,15H,1-2,5,14H2;1H/t9-;/m1./s1. The van der Waals surface area contributed by atoms with E-state index in [4.69, 9.17) is 5.73 Å². The van der Waals surface area contributed by atoms with Gasteiger partial charge in [0.2, 0.25) is 5.82 Å². The van der Waals surface area contributed by atoms with Crippen LogP contribution in [-0.2, 0) is 0 Å². The van der Waals surface area contributed by atoms with Crippen LogP contribution in [0.4, 0.5) is 8.78 Å². The van der Waals surface area contributed by atoms with Crippen LogP contribution in [0.5, 0.6) is 5.75 Å². The van der Waals surface area contributed by atoms with Crippen molar-refractivity contribution in [2.45, 2.75) is 25.3 Å². The zero-order chi connectivity index (χ0) is 11.0.